The van der Waals surface area contributed by atoms with E-state index in [-0.39, 0.29) is 18.9 Å². The highest BCUT2D eigenvalue weighted by molar-refractivity contribution is 6.90. The summed E-state index contributed by atoms with van der Waals surface area (Å²) < 4.78 is 9.57. The lowest BCUT2D eigenvalue weighted by molar-refractivity contribution is 0.270. The molecule has 2 unspecified atom stereocenters. The van der Waals surface area contributed by atoms with Crippen molar-refractivity contribution in [3.05, 3.63) is 157 Å². The first-order valence-corrected chi connectivity index (χ1v) is 16.1. The smallest absolute Gasteiger partial charge is 0.333 e. The maximum atomic E-state index is 6.95. The molecule has 7 aromatic rings. The number of rotatable bonds is 2. The predicted molar refractivity (Wildman–Crippen MR) is 191 cm³/mol. The van der Waals surface area contributed by atoms with E-state index in [4.69, 9.17) is 4.74 Å². The first-order valence-electron chi connectivity index (χ1n) is 16.1. The van der Waals surface area contributed by atoms with Gasteiger partial charge in [0.1, 0.15) is 11.9 Å². The van der Waals surface area contributed by atoms with Crippen LogP contribution in [0.15, 0.2) is 152 Å². The zero-order chi connectivity index (χ0) is 29.9. The molecule has 3 aliphatic heterocycles. The second-order valence-corrected chi connectivity index (χ2v) is 12.8. The molecule has 4 heteroatoms. The molecule has 0 bridgehead atoms. The van der Waals surface area contributed by atoms with E-state index >= 15 is 0 Å². The average molecular weight is 587 g/mol. The molecule has 1 aliphatic carbocycles. The summed E-state index contributed by atoms with van der Waals surface area (Å²) in [6.45, 7) is 0.00116. The Hall–Kier alpha value is -5.74. The van der Waals surface area contributed by atoms with Crippen LogP contribution in [-0.4, -0.2) is 17.4 Å². The molecule has 11 rings (SSSR count). The number of hydrogen-bond donors (Lipinski definition) is 0. The van der Waals surface area contributed by atoms with E-state index in [0.29, 0.717) is 0 Å². The number of fused-ring (bicyclic) bond motifs is 11. The Labute approximate surface area is 267 Å². The summed E-state index contributed by atoms with van der Waals surface area (Å²) in [5.74, 6) is 1.20. The highest BCUT2D eigenvalue weighted by Crippen LogP contribution is 2.54. The Bertz CT molecular complexity index is 2480. The molecule has 0 saturated carbocycles. The Balaban J connectivity index is 1.29. The number of para-hydroxylation sites is 3. The van der Waals surface area contributed by atoms with Crippen molar-refractivity contribution < 1.29 is 4.74 Å². The van der Waals surface area contributed by atoms with Gasteiger partial charge in [0.2, 0.25) is 0 Å². The van der Waals surface area contributed by atoms with Crippen LogP contribution < -0.4 is 20.6 Å². The average Bonchev–Trinajstić information content (AvgIpc) is 3.66. The van der Waals surface area contributed by atoms with Crippen LogP contribution in [0, 0.1) is 0 Å². The zero-order valence-electron chi connectivity index (χ0n) is 25.0. The van der Waals surface area contributed by atoms with Crippen molar-refractivity contribution >= 4 is 56.6 Å². The number of hydrogen-bond acceptors (Lipinski definition) is 2. The first kappa shape index (κ1) is 24.6. The first-order chi connectivity index (χ1) is 22.8. The molecule has 4 aliphatic rings. The highest BCUT2D eigenvalue weighted by Gasteiger charge is 2.47. The highest BCUT2D eigenvalue weighted by atomic mass is 16.5. The fraction of sp³-hybridized carbons (Fsp3) is 0.0476. The van der Waals surface area contributed by atoms with E-state index in [9.17, 15) is 0 Å². The Morgan fingerprint density at radius 3 is 2.33 bits per heavy atom. The molecule has 0 fully saturated rings. The van der Waals surface area contributed by atoms with E-state index in [2.05, 4.69) is 161 Å². The number of allylic oxidation sites excluding steroid dienone is 2. The van der Waals surface area contributed by atoms with E-state index in [0.717, 1.165) is 11.4 Å². The van der Waals surface area contributed by atoms with Gasteiger partial charge in [-0.1, -0.05) is 109 Å². The van der Waals surface area contributed by atoms with Gasteiger partial charge in [-0.15, -0.1) is 0 Å². The number of benzene rings is 6. The Morgan fingerprint density at radius 2 is 1.43 bits per heavy atom. The van der Waals surface area contributed by atoms with E-state index < -0.39 is 0 Å². The van der Waals surface area contributed by atoms with Crippen LogP contribution in [0.4, 0.5) is 17.1 Å². The summed E-state index contributed by atoms with van der Waals surface area (Å²) in [5, 5.41) is 2.59. The third-order valence-electron chi connectivity index (χ3n) is 10.5. The van der Waals surface area contributed by atoms with Gasteiger partial charge in [0, 0.05) is 50.2 Å². The van der Waals surface area contributed by atoms with Crippen molar-refractivity contribution in [1.82, 2.24) is 4.48 Å². The molecular weight excluding hydrogens is 559 g/mol. The Kier molecular flexibility index (Phi) is 4.77. The van der Waals surface area contributed by atoms with Gasteiger partial charge in [0.15, 0.2) is 0 Å². The number of aromatic nitrogens is 1. The topological polar surface area (TPSA) is 17.4 Å². The molecule has 3 nitrogen and oxygen atoms in total. The van der Waals surface area contributed by atoms with Gasteiger partial charge in [-0.2, -0.15) is 0 Å². The second-order valence-electron chi connectivity index (χ2n) is 12.8. The number of ether oxygens (including phenoxy) is 1. The SMILES string of the molecule is C1=CC2Oc3c(cc4c5c3N(c3ccccc3)c3ccccc3B5n3c5ccc(-c6ccccc6)cc5c5cccc-4c53)C2C=C1. The molecule has 214 valence electrons. The van der Waals surface area contributed by atoms with Crippen molar-refractivity contribution in [3.8, 4) is 28.0 Å². The van der Waals surface area contributed by atoms with E-state index in [1.807, 2.05) is 0 Å². The van der Waals surface area contributed by atoms with Gasteiger partial charge < -0.3 is 14.1 Å². The predicted octanol–water partition coefficient (Wildman–Crippen LogP) is 8.85. The largest absolute Gasteiger partial charge is 0.483 e. The maximum Gasteiger partial charge on any atom is 0.333 e. The third kappa shape index (κ3) is 3.08. The lowest BCUT2D eigenvalue weighted by Gasteiger charge is -2.41. The second kappa shape index (κ2) is 8.92. The van der Waals surface area contributed by atoms with Gasteiger partial charge in [-0.05, 0) is 70.1 Å². The maximum absolute atomic E-state index is 6.95. The van der Waals surface area contributed by atoms with Crippen LogP contribution in [0.2, 0.25) is 0 Å². The number of nitrogens with zero attached hydrogens (tertiary/aromatic N) is 2. The molecule has 0 saturated heterocycles. The fourth-order valence-corrected chi connectivity index (χ4v) is 8.60. The normalized spacial score (nSPS) is 17.9. The monoisotopic (exact) mass is 586 g/mol. The van der Waals surface area contributed by atoms with Gasteiger partial charge in [0.25, 0.3) is 0 Å². The van der Waals surface area contributed by atoms with Crippen LogP contribution in [0.1, 0.15) is 11.5 Å². The summed E-state index contributed by atoms with van der Waals surface area (Å²) in [6, 6.07) is 46.8. The van der Waals surface area contributed by atoms with Gasteiger partial charge in [0.05, 0.1) is 5.69 Å². The summed E-state index contributed by atoms with van der Waals surface area (Å²) >= 11 is 0. The minimum atomic E-state index is 0.000272. The van der Waals surface area contributed by atoms with Gasteiger partial charge >= 0.3 is 6.85 Å². The summed E-state index contributed by atoms with van der Waals surface area (Å²) in [7, 11) is 0. The van der Waals surface area contributed by atoms with Crippen LogP contribution in [0.25, 0.3) is 44.1 Å². The van der Waals surface area contributed by atoms with Gasteiger partial charge in [-0.25, -0.2) is 0 Å². The minimum Gasteiger partial charge on any atom is -0.483 e. The van der Waals surface area contributed by atoms with Crippen molar-refractivity contribution in [2.45, 2.75) is 12.0 Å². The summed E-state index contributed by atoms with van der Waals surface area (Å²) in [4.78, 5) is 2.46. The zero-order valence-corrected chi connectivity index (χ0v) is 25.0. The fourth-order valence-electron chi connectivity index (χ4n) is 8.60. The molecule has 2 atom stereocenters. The standard InChI is InChI=1S/C42H27BN2O/c1-3-12-26(13-4-1)27-22-23-36-32(24-27)30-17-11-18-31-33-25-34-29-16-7-10-21-38(29)46-42(34)41-39(33)43(45(36)40(30)31)35-19-8-9-20-37(35)44(41)28-14-5-2-6-15-28/h1-25,29,38H. The minimum absolute atomic E-state index is 0.000272. The molecule has 4 heterocycles. The molecule has 0 radical (unpaired) electrons. The van der Waals surface area contributed by atoms with Crippen molar-refractivity contribution in [1.29, 1.82) is 0 Å². The Morgan fingerprint density at radius 1 is 0.630 bits per heavy atom. The lowest BCUT2D eigenvalue weighted by Crippen LogP contribution is -2.56. The molecule has 46 heavy (non-hydrogen) atoms. The van der Waals surface area contributed by atoms with Gasteiger partial charge in [-0.3, -0.25) is 0 Å². The molecule has 0 spiro atoms. The van der Waals surface area contributed by atoms with Crippen LogP contribution in [-0.2, 0) is 0 Å². The molecular formula is C42H27BN2O. The molecule has 0 amide bonds. The van der Waals surface area contributed by atoms with E-state index in [1.54, 1.807) is 0 Å². The van der Waals surface area contributed by atoms with Crippen molar-refractivity contribution in [2.24, 2.45) is 0 Å². The van der Waals surface area contributed by atoms with Crippen molar-refractivity contribution in [2.75, 3.05) is 4.90 Å². The summed E-state index contributed by atoms with van der Waals surface area (Å²) in [6.07, 6.45) is 8.80. The van der Waals surface area contributed by atoms with Crippen LogP contribution in [0.5, 0.6) is 5.75 Å². The van der Waals surface area contributed by atoms with Crippen LogP contribution in [0.3, 0.4) is 0 Å². The number of anilines is 3. The third-order valence-corrected chi connectivity index (χ3v) is 10.5. The quantitative estimate of drug-likeness (QED) is 0.188. The summed E-state index contributed by atoms with van der Waals surface area (Å²) in [5.41, 5.74) is 15.0. The van der Waals surface area contributed by atoms with E-state index in [1.165, 1.54) is 71.9 Å². The molecule has 1 aromatic heterocycles. The lowest BCUT2D eigenvalue weighted by atomic mass is 9.45. The van der Waals surface area contributed by atoms with Crippen molar-refractivity contribution in [3.63, 3.8) is 0 Å². The van der Waals surface area contributed by atoms with Crippen LogP contribution >= 0.6 is 0 Å². The molecule has 6 aromatic carbocycles. The molecule has 0 N–H and O–H groups in total.